The molecule has 2 rings (SSSR count). The third-order valence-corrected chi connectivity index (χ3v) is 4.80. The Kier molecular flexibility index (Phi) is 4.25. The van der Waals surface area contributed by atoms with E-state index in [1.807, 2.05) is 20.8 Å². The number of nitrogens with one attached hydrogen (secondary N) is 2. The van der Waals surface area contributed by atoms with Crippen molar-refractivity contribution in [2.24, 2.45) is 23.2 Å². The molecule has 0 spiro atoms. The second-order valence-electron chi connectivity index (χ2n) is 7.43. The molecule has 0 radical (unpaired) electrons. The van der Waals surface area contributed by atoms with E-state index in [9.17, 15) is 14.7 Å². The maximum Gasteiger partial charge on any atom is 0.326 e. The molecular formula is C15H26N2O3. The Labute approximate surface area is 120 Å². The van der Waals surface area contributed by atoms with Gasteiger partial charge in [-0.25, -0.2) is 9.59 Å². The van der Waals surface area contributed by atoms with Gasteiger partial charge in [0.2, 0.25) is 0 Å². The van der Waals surface area contributed by atoms with Crippen molar-refractivity contribution in [3.63, 3.8) is 0 Å². The Morgan fingerprint density at radius 2 is 1.95 bits per heavy atom. The van der Waals surface area contributed by atoms with E-state index in [1.54, 1.807) is 0 Å². The van der Waals surface area contributed by atoms with Crippen LogP contribution in [-0.2, 0) is 4.79 Å². The van der Waals surface area contributed by atoms with Gasteiger partial charge in [-0.05, 0) is 42.4 Å². The van der Waals surface area contributed by atoms with E-state index in [-0.39, 0.29) is 6.03 Å². The fraction of sp³-hybridized carbons (Fsp3) is 0.867. The van der Waals surface area contributed by atoms with Gasteiger partial charge in [-0.15, -0.1) is 0 Å². The van der Waals surface area contributed by atoms with E-state index in [0.717, 1.165) is 11.8 Å². The molecule has 2 saturated carbocycles. The molecule has 0 aromatic carbocycles. The van der Waals surface area contributed by atoms with Gasteiger partial charge in [-0.2, -0.15) is 0 Å². The average Bonchev–Trinajstić information content (AvgIpc) is 2.93. The molecule has 0 saturated heterocycles. The SMILES string of the molecule is CC(C)(C)[C@H](NC(=O)NCC1CC2CCC1C2)C(=O)O. The van der Waals surface area contributed by atoms with Crippen LogP contribution in [0.1, 0.15) is 46.5 Å². The van der Waals surface area contributed by atoms with Crippen LogP contribution >= 0.6 is 0 Å². The van der Waals surface area contributed by atoms with Crippen molar-refractivity contribution in [1.82, 2.24) is 10.6 Å². The van der Waals surface area contributed by atoms with Gasteiger partial charge in [0.1, 0.15) is 6.04 Å². The third-order valence-electron chi connectivity index (χ3n) is 4.80. The van der Waals surface area contributed by atoms with Crippen LogP contribution in [-0.4, -0.2) is 29.7 Å². The van der Waals surface area contributed by atoms with Gasteiger partial charge in [-0.1, -0.05) is 27.2 Å². The van der Waals surface area contributed by atoms with Crippen LogP contribution in [0.4, 0.5) is 4.79 Å². The number of fused-ring (bicyclic) bond motifs is 2. The van der Waals surface area contributed by atoms with Crippen molar-refractivity contribution < 1.29 is 14.7 Å². The number of hydrogen-bond acceptors (Lipinski definition) is 2. The second-order valence-corrected chi connectivity index (χ2v) is 7.43. The van der Waals surface area contributed by atoms with Crippen LogP contribution in [0.5, 0.6) is 0 Å². The smallest absolute Gasteiger partial charge is 0.326 e. The van der Waals surface area contributed by atoms with E-state index < -0.39 is 17.4 Å². The van der Waals surface area contributed by atoms with Crippen LogP contribution in [0.3, 0.4) is 0 Å². The molecule has 20 heavy (non-hydrogen) atoms. The molecular weight excluding hydrogens is 256 g/mol. The number of urea groups is 1. The maximum absolute atomic E-state index is 11.9. The summed E-state index contributed by atoms with van der Waals surface area (Å²) >= 11 is 0. The lowest BCUT2D eigenvalue weighted by Crippen LogP contribution is -2.52. The van der Waals surface area contributed by atoms with Gasteiger partial charge in [0.25, 0.3) is 0 Å². The molecule has 0 aromatic heterocycles. The van der Waals surface area contributed by atoms with Crippen molar-refractivity contribution in [3.05, 3.63) is 0 Å². The summed E-state index contributed by atoms with van der Waals surface area (Å²) in [5, 5.41) is 14.6. The molecule has 5 nitrogen and oxygen atoms in total. The molecule has 0 aliphatic heterocycles. The first-order valence-corrected chi connectivity index (χ1v) is 7.54. The van der Waals surface area contributed by atoms with Crippen molar-refractivity contribution in [1.29, 1.82) is 0 Å². The van der Waals surface area contributed by atoms with Crippen LogP contribution in [0.25, 0.3) is 0 Å². The fourth-order valence-electron chi connectivity index (χ4n) is 3.68. The monoisotopic (exact) mass is 282 g/mol. The number of hydrogen-bond donors (Lipinski definition) is 3. The lowest BCUT2D eigenvalue weighted by Gasteiger charge is -2.28. The van der Waals surface area contributed by atoms with Crippen molar-refractivity contribution in [2.45, 2.75) is 52.5 Å². The fourth-order valence-corrected chi connectivity index (χ4v) is 3.68. The molecule has 5 heteroatoms. The largest absolute Gasteiger partial charge is 0.480 e. The molecule has 0 heterocycles. The highest BCUT2D eigenvalue weighted by Crippen LogP contribution is 2.47. The first kappa shape index (κ1) is 15.1. The molecule has 114 valence electrons. The lowest BCUT2D eigenvalue weighted by molar-refractivity contribution is -0.141. The quantitative estimate of drug-likeness (QED) is 0.740. The molecule has 2 bridgehead atoms. The Morgan fingerprint density at radius 1 is 1.25 bits per heavy atom. The topological polar surface area (TPSA) is 78.4 Å². The van der Waals surface area contributed by atoms with Crippen molar-refractivity contribution in [2.75, 3.05) is 6.54 Å². The Balaban J connectivity index is 1.78. The first-order valence-electron chi connectivity index (χ1n) is 7.54. The Morgan fingerprint density at radius 3 is 2.40 bits per heavy atom. The van der Waals surface area contributed by atoms with Gasteiger partial charge in [0.05, 0.1) is 0 Å². The minimum absolute atomic E-state index is 0.366. The average molecular weight is 282 g/mol. The number of carboxylic acid groups (broad SMARTS) is 1. The summed E-state index contributed by atoms with van der Waals surface area (Å²) in [6.45, 7) is 6.09. The number of aliphatic carboxylic acids is 1. The number of carboxylic acids is 1. The zero-order valence-electron chi connectivity index (χ0n) is 12.6. The van der Waals surface area contributed by atoms with Crippen LogP contribution < -0.4 is 10.6 Å². The highest BCUT2D eigenvalue weighted by molar-refractivity contribution is 5.83. The summed E-state index contributed by atoms with van der Waals surface area (Å²) in [4.78, 5) is 23.1. The van der Waals surface area contributed by atoms with Crippen molar-refractivity contribution in [3.8, 4) is 0 Å². The van der Waals surface area contributed by atoms with Crippen LogP contribution in [0.2, 0.25) is 0 Å². The van der Waals surface area contributed by atoms with E-state index in [1.165, 1.54) is 25.7 Å². The van der Waals surface area contributed by atoms with Gasteiger partial charge < -0.3 is 15.7 Å². The predicted octanol–water partition coefficient (Wildman–Crippen LogP) is 2.22. The minimum atomic E-state index is -0.993. The molecule has 3 unspecified atom stereocenters. The highest BCUT2D eigenvalue weighted by atomic mass is 16.4. The number of rotatable bonds is 4. The molecule has 2 aliphatic rings. The number of carbonyl (C=O) groups is 2. The Hall–Kier alpha value is -1.26. The van der Waals surface area contributed by atoms with Gasteiger partial charge in [0.15, 0.2) is 0 Å². The summed E-state index contributed by atoms with van der Waals surface area (Å²) in [7, 11) is 0. The first-order chi connectivity index (χ1) is 9.27. The van der Waals surface area contributed by atoms with Gasteiger partial charge in [-0.3, -0.25) is 0 Å². The second kappa shape index (κ2) is 5.62. The molecule has 2 aliphatic carbocycles. The maximum atomic E-state index is 11.9. The summed E-state index contributed by atoms with van der Waals surface area (Å²) in [5.41, 5.74) is -0.504. The minimum Gasteiger partial charge on any atom is -0.480 e. The summed E-state index contributed by atoms with van der Waals surface area (Å²) in [6, 6.07) is -1.24. The predicted molar refractivity (Wildman–Crippen MR) is 76.4 cm³/mol. The molecule has 3 N–H and O–H groups in total. The number of amides is 2. The highest BCUT2D eigenvalue weighted by Gasteiger charge is 2.39. The van der Waals surface area contributed by atoms with E-state index in [4.69, 9.17) is 0 Å². The van der Waals surface area contributed by atoms with E-state index in [2.05, 4.69) is 10.6 Å². The molecule has 4 atom stereocenters. The molecule has 2 fully saturated rings. The Bertz CT molecular complexity index is 389. The van der Waals surface area contributed by atoms with Crippen LogP contribution in [0.15, 0.2) is 0 Å². The standard InChI is InChI=1S/C15H26N2O3/c1-15(2,3)12(13(18)19)17-14(20)16-8-11-7-9-4-5-10(11)6-9/h9-12H,4-8H2,1-3H3,(H,18,19)(H2,16,17,20)/t9?,10?,11?,12-/m1/s1. The zero-order chi connectivity index (χ0) is 14.9. The summed E-state index contributed by atoms with van der Waals surface area (Å²) < 4.78 is 0. The van der Waals surface area contributed by atoms with Gasteiger partial charge >= 0.3 is 12.0 Å². The molecule has 0 aromatic rings. The van der Waals surface area contributed by atoms with Crippen molar-refractivity contribution >= 4 is 12.0 Å². The third kappa shape index (κ3) is 3.44. The molecule has 2 amide bonds. The summed E-state index contributed by atoms with van der Waals surface area (Å²) in [5.74, 6) is 1.21. The zero-order valence-corrected chi connectivity index (χ0v) is 12.6. The van der Waals surface area contributed by atoms with E-state index >= 15 is 0 Å². The summed E-state index contributed by atoms with van der Waals surface area (Å²) in [6.07, 6.45) is 5.16. The normalized spacial score (nSPS) is 30.1. The van der Waals surface area contributed by atoms with Gasteiger partial charge in [0, 0.05) is 6.54 Å². The number of carbonyl (C=O) groups excluding carboxylic acids is 1. The lowest BCUT2D eigenvalue weighted by atomic mass is 9.87. The van der Waals surface area contributed by atoms with Crippen LogP contribution in [0, 0.1) is 23.2 Å². The van der Waals surface area contributed by atoms with E-state index in [0.29, 0.717) is 12.5 Å².